The van der Waals surface area contributed by atoms with Gasteiger partial charge in [0.1, 0.15) is 5.75 Å². The minimum atomic E-state index is -0.257. The highest BCUT2D eigenvalue weighted by atomic mass is 16.5. The molecule has 1 N–H and O–H groups in total. The fourth-order valence-corrected chi connectivity index (χ4v) is 3.66. The third-order valence-corrected chi connectivity index (χ3v) is 5.71. The Morgan fingerprint density at radius 2 is 1.68 bits per heavy atom. The van der Waals surface area contributed by atoms with E-state index in [-0.39, 0.29) is 12.0 Å². The molecule has 0 aliphatic rings. The zero-order valence-corrected chi connectivity index (χ0v) is 19.7. The molecule has 172 valence electrons. The number of amides is 1. The SMILES string of the molecule is CC[C@@H](C)Oc1ccc(/C=N/NC(=O)c2ccc(-n3c(C)ccc3-c3ccccc3)cc2)cc1. The molecule has 0 aliphatic heterocycles. The molecule has 1 atom stereocenters. The number of ether oxygens (including phenoxy) is 1. The molecule has 0 radical (unpaired) electrons. The van der Waals surface area contributed by atoms with Crippen LogP contribution in [0.3, 0.4) is 0 Å². The molecular weight excluding hydrogens is 422 g/mol. The summed E-state index contributed by atoms with van der Waals surface area (Å²) in [6.07, 6.45) is 2.75. The summed E-state index contributed by atoms with van der Waals surface area (Å²) < 4.78 is 7.96. The molecule has 5 nitrogen and oxygen atoms in total. The topological polar surface area (TPSA) is 55.6 Å². The molecule has 4 rings (SSSR count). The number of aryl methyl sites for hydroxylation is 1. The van der Waals surface area contributed by atoms with Gasteiger partial charge in [-0.05, 0) is 92.1 Å². The summed E-state index contributed by atoms with van der Waals surface area (Å²) in [7, 11) is 0. The van der Waals surface area contributed by atoms with Crippen LogP contribution in [0.2, 0.25) is 0 Å². The molecule has 5 heteroatoms. The minimum Gasteiger partial charge on any atom is -0.491 e. The van der Waals surface area contributed by atoms with Gasteiger partial charge in [-0.2, -0.15) is 5.10 Å². The van der Waals surface area contributed by atoms with Crippen LogP contribution in [0.5, 0.6) is 5.75 Å². The van der Waals surface area contributed by atoms with E-state index in [0.29, 0.717) is 5.56 Å². The van der Waals surface area contributed by atoms with Crippen molar-refractivity contribution in [2.45, 2.75) is 33.3 Å². The van der Waals surface area contributed by atoms with Crippen molar-refractivity contribution < 1.29 is 9.53 Å². The Morgan fingerprint density at radius 3 is 2.35 bits per heavy atom. The molecule has 0 saturated heterocycles. The molecule has 34 heavy (non-hydrogen) atoms. The van der Waals surface area contributed by atoms with Crippen molar-refractivity contribution in [1.29, 1.82) is 0 Å². The summed E-state index contributed by atoms with van der Waals surface area (Å²) in [6.45, 7) is 6.20. The number of nitrogens with zero attached hydrogens (tertiary/aromatic N) is 2. The van der Waals surface area contributed by atoms with Gasteiger partial charge in [0.25, 0.3) is 5.91 Å². The molecule has 0 aliphatic carbocycles. The van der Waals surface area contributed by atoms with Crippen LogP contribution in [0.15, 0.2) is 96.1 Å². The van der Waals surface area contributed by atoms with E-state index in [4.69, 9.17) is 4.74 Å². The average molecular weight is 452 g/mol. The number of hydrogen-bond acceptors (Lipinski definition) is 3. The van der Waals surface area contributed by atoms with Crippen LogP contribution in [0.4, 0.5) is 0 Å². The molecule has 0 saturated carbocycles. The van der Waals surface area contributed by atoms with E-state index >= 15 is 0 Å². The van der Waals surface area contributed by atoms with Gasteiger partial charge in [0.05, 0.1) is 18.0 Å². The summed E-state index contributed by atoms with van der Waals surface area (Å²) >= 11 is 0. The van der Waals surface area contributed by atoms with Crippen LogP contribution in [0, 0.1) is 6.92 Å². The second-order valence-electron chi connectivity index (χ2n) is 8.21. The first-order chi connectivity index (χ1) is 16.5. The van der Waals surface area contributed by atoms with Crippen LogP contribution < -0.4 is 10.2 Å². The number of rotatable bonds is 8. The van der Waals surface area contributed by atoms with E-state index < -0.39 is 0 Å². The van der Waals surface area contributed by atoms with E-state index in [1.807, 2.05) is 73.7 Å². The molecular formula is C29H29N3O2. The molecule has 0 bridgehead atoms. The Morgan fingerprint density at radius 1 is 0.971 bits per heavy atom. The maximum absolute atomic E-state index is 12.5. The summed E-state index contributed by atoms with van der Waals surface area (Å²) in [5.74, 6) is 0.566. The van der Waals surface area contributed by atoms with E-state index in [2.05, 4.69) is 53.2 Å². The van der Waals surface area contributed by atoms with Crippen molar-refractivity contribution in [3.8, 4) is 22.7 Å². The van der Waals surface area contributed by atoms with Gasteiger partial charge < -0.3 is 9.30 Å². The fourth-order valence-electron chi connectivity index (χ4n) is 3.66. The normalized spacial score (nSPS) is 12.0. The third kappa shape index (κ3) is 5.44. The van der Waals surface area contributed by atoms with Gasteiger partial charge in [-0.15, -0.1) is 0 Å². The van der Waals surface area contributed by atoms with Crippen molar-refractivity contribution in [2.75, 3.05) is 0 Å². The number of carbonyl (C=O) groups is 1. The quantitative estimate of drug-likeness (QED) is 0.249. The molecule has 3 aromatic carbocycles. The predicted octanol–water partition coefficient (Wildman–Crippen LogP) is 6.39. The molecule has 4 aromatic rings. The van der Waals surface area contributed by atoms with Gasteiger partial charge >= 0.3 is 0 Å². The molecule has 1 aromatic heterocycles. The number of hydrogen-bond donors (Lipinski definition) is 1. The Balaban J connectivity index is 1.41. The van der Waals surface area contributed by atoms with Gasteiger partial charge in [0.2, 0.25) is 0 Å². The lowest BCUT2D eigenvalue weighted by atomic mass is 10.1. The Bertz CT molecular complexity index is 1260. The Hall–Kier alpha value is -4.12. The van der Waals surface area contributed by atoms with Crippen molar-refractivity contribution in [2.24, 2.45) is 5.10 Å². The average Bonchev–Trinajstić information content (AvgIpc) is 3.26. The van der Waals surface area contributed by atoms with Crippen LogP contribution >= 0.6 is 0 Å². The highest BCUT2D eigenvalue weighted by Gasteiger charge is 2.11. The summed E-state index contributed by atoms with van der Waals surface area (Å²) in [4.78, 5) is 12.5. The van der Waals surface area contributed by atoms with E-state index in [0.717, 1.165) is 40.4 Å². The standard InChI is InChI=1S/C29H29N3O2/c1-4-22(3)34-27-17-11-23(12-18-27)20-30-31-29(33)25-13-15-26(16-14-25)32-21(2)10-19-28(32)24-8-6-5-7-9-24/h5-20,22H,4H2,1-3H3,(H,31,33)/b30-20+/t22-/m1/s1. The van der Waals surface area contributed by atoms with Gasteiger partial charge in [-0.25, -0.2) is 5.43 Å². The lowest BCUT2D eigenvalue weighted by Crippen LogP contribution is -2.17. The first kappa shape index (κ1) is 23.1. The minimum absolute atomic E-state index is 0.177. The molecule has 0 fully saturated rings. The van der Waals surface area contributed by atoms with Gasteiger partial charge in [0, 0.05) is 16.9 Å². The molecule has 1 amide bonds. The van der Waals surface area contributed by atoms with E-state index in [1.165, 1.54) is 0 Å². The fraction of sp³-hybridized carbons (Fsp3) is 0.172. The number of carbonyl (C=O) groups excluding carboxylic acids is 1. The Labute approximate surface area is 200 Å². The van der Waals surface area contributed by atoms with Gasteiger partial charge in [-0.1, -0.05) is 37.3 Å². The zero-order chi connectivity index (χ0) is 23.9. The largest absolute Gasteiger partial charge is 0.491 e. The predicted molar refractivity (Wildman–Crippen MR) is 138 cm³/mol. The van der Waals surface area contributed by atoms with Crippen LogP contribution in [0.25, 0.3) is 16.9 Å². The van der Waals surface area contributed by atoms with Crippen LogP contribution in [0.1, 0.15) is 41.9 Å². The number of aromatic nitrogens is 1. The third-order valence-electron chi connectivity index (χ3n) is 5.71. The second-order valence-corrected chi connectivity index (χ2v) is 8.21. The van der Waals surface area contributed by atoms with Crippen molar-refractivity contribution in [3.05, 3.63) is 108 Å². The summed E-state index contributed by atoms with van der Waals surface area (Å²) in [6, 6.07) is 29.6. The highest BCUT2D eigenvalue weighted by molar-refractivity contribution is 5.95. The van der Waals surface area contributed by atoms with E-state index in [9.17, 15) is 4.79 Å². The number of hydrazone groups is 1. The van der Waals surface area contributed by atoms with Gasteiger partial charge in [0.15, 0.2) is 0 Å². The van der Waals surface area contributed by atoms with Crippen molar-refractivity contribution in [1.82, 2.24) is 9.99 Å². The molecule has 0 unspecified atom stereocenters. The highest BCUT2D eigenvalue weighted by Crippen LogP contribution is 2.26. The maximum Gasteiger partial charge on any atom is 0.271 e. The lowest BCUT2D eigenvalue weighted by molar-refractivity contribution is 0.0955. The smallest absolute Gasteiger partial charge is 0.271 e. The Kier molecular flexibility index (Phi) is 7.23. The number of benzene rings is 3. The second kappa shape index (κ2) is 10.7. The number of nitrogens with one attached hydrogen (secondary N) is 1. The summed E-state index contributed by atoms with van der Waals surface area (Å²) in [5, 5.41) is 4.09. The van der Waals surface area contributed by atoms with Crippen molar-refractivity contribution >= 4 is 12.1 Å². The monoisotopic (exact) mass is 451 g/mol. The van der Waals surface area contributed by atoms with E-state index in [1.54, 1.807) is 6.21 Å². The first-order valence-electron chi connectivity index (χ1n) is 11.5. The summed E-state index contributed by atoms with van der Waals surface area (Å²) in [5.41, 5.74) is 8.41. The lowest BCUT2D eigenvalue weighted by Gasteiger charge is -2.13. The van der Waals surface area contributed by atoms with Gasteiger partial charge in [-0.3, -0.25) is 4.79 Å². The van der Waals surface area contributed by atoms with Crippen LogP contribution in [-0.4, -0.2) is 22.8 Å². The molecule has 1 heterocycles. The maximum atomic E-state index is 12.5. The zero-order valence-electron chi connectivity index (χ0n) is 19.7. The molecule has 0 spiro atoms. The van der Waals surface area contributed by atoms with Crippen molar-refractivity contribution in [3.63, 3.8) is 0 Å². The first-order valence-corrected chi connectivity index (χ1v) is 11.5. The van der Waals surface area contributed by atoms with Crippen LogP contribution in [-0.2, 0) is 0 Å².